The summed E-state index contributed by atoms with van der Waals surface area (Å²) in [5, 5.41) is 4.27. The lowest BCUT2D eigenvalue weighted by molar-refractivity contribution is 0.180. The van der Waals surface area contributed by atoms with Gasteiger partial charge in [0.15, 0.2) is 0 Å². The van der Waals surface area contributed by atoms with Gasteiger partial charge in [-0.2, -0.15) is 13.5 Å². The van der Waals surface area contributed by atoms with Crippen molar-refractivity contribution < 1.29 is 8.42 Å². The molecule has 1 fully saturated rings. The van der Waals surface area contributed by atoms with Gasteiger partial charge >= 0.3 is 0 Å². The number of piperidine rings is 1. The Labute approximate surface area is 154 Å². The first-order valence-electron chi connectivity index (χ1n) is 8.99. The van der Waals surface area contributed by atoms with Crippen LogP contribution in [0.5, 0.6) is 0 Å². The summed E-state index contributed by atoms with van der Waals surface area (Å²) in [6.07, 6.45) is 2.65. The fourth-order valence-corrected chi connectivity index (χ4v) is 4.65. The molecule has 2 aliphatic rings. The second-order valence-corrected chi connectivity index (χ2v) is 8.70. The maximum Gasteiger partial charge on any atom is 0.276 e. The summed E-state index contributed by atoms with van der Waals surface area (Å²) in [5.41, 5.74) is 4.69. The van der Waals surface area contributed by atoms with Gasteiger partial charge in [-0.15, -0.1) is 0 Å². The average Bonchev–Trinajstić information content (AvgIpc) is 2.66. The summed E-state index contributed by atoms with van der Waals surface area (Å²) < 4.78 is 24.9. The van der Waals surface area contributed by atoms with Crippen LogP contribution in [0.25, 0.3) is 0 Å². The second-order valence-electron chi connectivity index (χ2n) is 7.04. The largest absolute Gasteiger partial charge is 0.295 e. The molecule has 26 heavy (non-hydrogen) atoms. The first kappa shape index (κ1) is 17.2. The van der Waals surface area contributed by atoms with Crippen molar-refractivity contribution in [3.63, 3.8) is 0 Å². The molecule has 5 nitrogen and oxygen atoms in total. The summed E-state index contributed by atoms with van der Waals surface area (Å²) in [5.74, 6) is 0. The molecule has 2 heterocycles. The molecule has 0 spiro atoms. The number of sulfonamides is 1. The molecule has 0 bridgehead atoms. The van der Waals surface area contributed by atoms with Gasteiger partial charge < -0.3 is 0 Å². The Kier molecular flexibility index (Phi) is 4.54. The molecule has 0 aliphatic carbocycles. The highest BCUT2D eigenvalue weighted by molar-refractivity contribution is 7.89. The highest BCUT2D eigenvalue weighted by atomic mass is 32.2. The van der Waals surface area contributed by atoms with E-state index in [1.165, 1.54) is 11.1 Å². The summed E-state index contributed by atoms with van der Waals surface area (Å²) in [6, 6.07) is 15.6. The lowest BCUT2D eigenvalue weighted by Gasteiger charge is -2.40. The van der Waals surface area contributed by atoms with E-state index in [0.717, 1.165) is 43.6 Å². The quantitative estimate of drug-likeness (QED) is 0.846. The molecule has 4 rings (SSSR count). The highest BCUT2D eigenvalue weighted by Crippen LogP contribution is 2.35. The number of hydrazone groups is 1. The van der Waals surface area contributed by atoms with E-state index in [9.17, 15) is 8.42 Å². The van der Waals surface area contributed by atoms with E-state index in [1.54, 1.807) is 24.3 Å². The second kappa shape index (κ2) is 6.85. The van der Waals surface area contributed by atoms with Crippen LogP contribution in [0.15, 0.2) is 58.5 Å². The summed E-state index contributed by atoms with van der Waals surface area (Å²) in [7, 11) is -3.62. The fraction of sp³-hybridized carbons (Fsp3) is 0.350. The SMILES string of the molecule is Cc1ccc(S(=O)(=O)N/N=C2\CCN3CCc4ccccc4[C@H]3C2)cc1. The minimum absolute atomic E-state index is 0.243. The average molecular weight is 369 g/mol. The predicted molar refractivity (Wildman–Crippen MR) is 103 cm³/mol. The summed E-state index contributed by atoms with van der Waals surface area (Å²) in [6.45, 7) is 3.91. The molecule has 0 aromatic heterocycles. The van der Waals surface area contributed by atoms with Crippen molar-refractivity contribution in [3.8, 4) is 0 Å². The van der Waals surface area contributed by atoms with Crippen LogP contribution in [0.1, 0.15) is 35.6 Å². The molecular weight excluding hydrogens is 346 g/mol. The standard InChI is InChI=1S/C20H23N3O2S/c1-15-6-8-18(9-7-15)26(24,25)22-21-17-11-13-23-12-10-16-4-2-3-5-19(16)20(23)14-17/h2-9,20,22H,10-14H2,1H3/b21-17+/t20-/m1/s1. The Bertz CT molecular complexity index is 936. The number of nitrogens with one attached hydrogen (secondary N) is 1. The van der Waals surface area contributed by atoms with E-state index in [1.807, 2.05) is 6.92 Å². The van der Waals surface area contributed by atoms with Gasteiger partial charge in [0, 0.05) is 37.7 Å². The number of nitrogens with zero attached hydrogens (tertiary/aromatic N) is 2. The molecule has 2 aliphatic heterocycles. The van der Waals surface area contributed by atoms with Crippen LogP contribution in [0.3, 0.4) is 0 Å². The van der Waals surface area contributed by atoms with Gasteiger partial charge in [0.2, 0.25) is 0 Å². The minimum atomic E-state index is -3.62. The molecule has 1 atom stereocenters. The van der Waals surface area contributed by atoms with Gasteiger partial charge in [0.05, 0.1) is 4.90 Å². The molecule has 2 aromatic carbocycles. The zero-order chi connectivity index (χ0) is 18.1. The Morgan fingerprint density at radius 3 is 2.58 bits per heavy atom. The summed E-state index contributed by atoms with van der Waals surface area (Å²) >= 11 is 0. The number of benzene rings is 2. The van der Waals surface area contributed by atoms with Crippen molar-refractivity contribution in [2.24, 2.45) is 5.10 Å². The van der Waals surface area contributed by atoms with E-state index in [4.69, 9.17) is 0 Å². The molecule has 6 heteroatoms. The number of hydrogen-bond donors (Lipinski definition) is 1. The molecule has 2 aromatic rings. The normalized spacial score (nSPS) is 21.9. The maximum atomic E-state index is 12.4. The van der Waals surface area contributed by atoms with Crippen molar-refractivity contribution in [2.45, 2.75) is 37.1 Å². The molecule has 1 saturated heterocycles. The molecule has 0 radical (unpaired) electrons. The maximum absolute atomic E-state index is 12.4. The lowest BCUT2D eigenvalue weighted by Crippen LogP contribution is -2.42. The zero-order valence-electron chi connectivity index (χ0n) is 14.9. The van der Waals surface area contributed by atoms with Crippen LogP contribution in [-0.4, -0.2) is 32.1 Å². The van der Waals surface area contributed by atoms with Gasteiger partial charge in [-0.05, 0) is 36.6 Å². The fourth-order valence-electron chi connectivity index (χ4n) is 3.80. The van der Waals surface area contributed by atoms with Gasteiger partial charge in [-0.3, -0.25) is 4.90 Å². The van der Waals surface area contributed by atoms with Crippen molar-refractivity contribution >= 4 is 15.7 Å². The Morgan fingerprint density at radius 1 is 1.04 bits per heavy atom. The van der Waals surface area contributed by atoms with Gasteiger partial charge in [-0.25, -0.2) is 4.83 Å². The third kappa shape index (κ3) is 3.39. The van der Waals surface area contributed by atoms with Crippen molar-refractivity contribution in [1.82, 2.24) is 9.73 Å². The van der Waals surface area contributed by atoms with Crippen LogP contribution in [0.4, 0.5) is 0 Å². The Balaban J connectivity index is 1.52. The predicted octanol–water partition coefficient (Wildman–Crippen LogP) is 3.02. The van der Waals surface area contributed by atoms with Crippen LogP contribution < -0.4 is 4.83 Å². The van der Waals surface area contributed by atoms with E-state index in [-0.39, 0.29) is 4.90 Å². The van der Waals surface area contributed by atoms with E-state index in [2.05, 4.69) is 39.1 Å². The van der Waals surface area contributed by atoms with Crippen LogP contribution in [0.2, 0.25) is 0 Å². The zero-order valence-corrected chi connectivity index (χ0v) is 15.7. The lowest BCUT2D eigenvalue weighted by atomic mass is 9.86. The van der Waals surface area contributed by atoms with Crippen molar-refractivity contribution in [1.29, 1.82) is 0 Å². The Morgan fingerprint density at radius 2 is 1.77 bits per heavy atom. The first-order valence-corrected chi connectivity index (χ1v) is 10.5. The molecule has 1 N–H and O–H groups in total. The molecule has 0 unspecified atom stereocenters. The Hall–Kier alpha value is -2.18. The van der Waals surface area contributed by atoms with Crippen LogP contribution >= 0.6 is 0 Å². The number of aryl methyl sites for hydroxylation is 1. The minimum Gasteiger partial charge on any atom is -0.295 e. The van der Waals surface area contributed by atoms with E-state index in [0.29, 0.717) is 6.04 Å². The van der Waals surface area contributed by atoms with Gasteiger partial charge in [-0.1, -0.05) is 42.0 Å². The smallest absolute Gasteiger partial charge is 0.276 e. The first-order chi connectivity index (χ1) is 12.5. The van der Waals surface area contributed by atoms with Crippen LogP contribution in [-0.2, 0) is 16.4 Å². The molecule has 0 saturated carbocycles. The third-order valence-electron chi connectivity index (χ3n) is 5.30. The number of hydrogen-bond acceptors (Lipinski definition) is 4. The monoisotopic (exact) mass is 369 g/mol. The highest BCUT2D eigenvalue weighted by Gasteiger charge is 2.31. The molecule has 136 valence electrons. The van der Waals surface area contributed by atoms with Gasteiger partial charge in [0.1, 0.15) is 0 Å². The van der Waals surface area contributed by atoms with Crippen molar-refractivity contribution in [2.75, 3.05) is 13.1 Å². The van der Waals surface area contributed by atoms with Gasteiger partial charge in [0.25, 0.3) is 10.0 Å². The number of fused-ring (bicyclic) bond motifs is 3. The summed E-state index contributed by atoms with van der Waals surface area (Å²) in [4.78, 5) is 5.15. The van der Waals surface area contributed by atoms with Crippen LogP contribution in [0, 0.1) is 6.92 Å². The molecule has 0 amide bonds. The third-order valence-corrected chi connectivity index (χ3v) is 6.52. The van der Waals surface area contributed by atoms with Crippen molar-refractivity contribution in [3.05, 3.63) is 65.2 Å². The molecular formula is C20H23N3O2S. The topological polar surface area (TPSA) is 61.8 Å². The van der Waals surface area contributed by atoms with E-state index >= 15 is 0 Å². The van der Waals surface area contributed by atoms with E-state index < -0.39 is 10.0 Å². The number of rotatable bonds is 3.